The third kappa shape index (κ3) is 2.49. The largest absolute Gasteiger partial charge is 0.385 e. The zero-order valence-electron chi connectivity index (χ0n) is 13.2. The van der Waals surface area contributed by atoms with Crippen LogP contribution in [0.3, 0.4) is 0 Å². The molecule has 0 aliphatic carbocycles. The van der Waals surface area contributed by atoms with Crippen molar-refractivity contribution in [3.05, 3.63) is 65.7 Å². The molecule has 0 saturated carbocycles. The molecule has 24 heavy (non-hydrogen) atoms. The molecular weight excluding hydrogens is 307 g/mol. The summed E-state index contributed by atoms with van der Waals surface area (Å²) < 4.78 is 13.2. The molecular formula is C19H19FN2O2. The predicted octanol–water partition coefficient (Wildman–Crippen LogP) is 2.88. The number of nitrogens with zero attached hydrogens (tertiary/aromatic N) is 2. The lowest BCUT2D eigenvalue weighted by atomic mass is 9.80. The van der Waals surface area contributed by atoms with Crippen molar-refractivity contribution in [2.24, 2.45) is 0 Å². The number of amides is 1. The van der Waals surface area contributed by atoms with Gasteiger partial charge in [-0.15, -0.1) is 0 Å². The Bertz CT molecular complexity index is 734. The van der Waals surface area contributed by atoms with Gasteiger partial charge in [0, 0.05) is 42.9 Å². The van der Waals surface area contributed by atoms with Gasteiger partial charge in [-0.1, -0.05) is 12.1 Å². The second-order valence-corrected chi connectivity index (χ2v) is 6.78. The predicted molar refractivity (Wildman–Crippen MR) is 86.7 cm³/mol. The highest BCUT2D eigenvalue weighted by Crippen LogP contribution is 2.46. The van der Waals surface area contributed by atoms with Crippen LogP contribution in [0.1, 0.15) is 41.6 Å². The molecule has 5 heteroatoms. The molecule has 4 nitrogen and oxygen atoms in total. The first-order valence-corrected chi connectivity index (χ1v) is 8.28. The number of hydrogen-bond donors (Lipinski definition) is 1. The van der Waals surface area contributed by atoms with Crippen molar-refractivity contribution in [1.82, 2.24) is 9.88 Å². The van der Waals surface area contributed by atoms with Crippen LogP contribution in [0.25, 0.3) is 0 Å². The lowest BCUT2D eigenvalue weighted by molar-refractivity contribution is -0.0479. The molecule has 0 spiro atoms. The van der Waals surface area contributed by atoms with E-state index in [-0.39, 0.29) is 23.8 Å². The van der Waals surface area contributed by atoms with E-state index in [0.29, 0.717) is 18.4 Å². The molecule has 2 atom stereocenters. The number of carbonyl (C=O) groups is 1. The first-order chi connectivity index (χ1) is 11.6. The number of benzene rings is 1. The molecule has 2 aliphatic heterocycles. The highest BCUT2D eigenvalue weighted by atomic mass is 19.1. The van der Waals surface area contributed by atoms with Gasteiger partial charge in [0.2, 0.25) is 0 Å². The minimum atomic E-state index is -0.992. The number of carbonyl (C=O) groups excluding carboxylic acids is 1. The van der Waals surface area contributed by atoms with E-state index >= 15 is 0 Å². The highest BCUT2D eigenvalue weighted by molar-refractivity contribution is 5.94. The zero-order chi connectivity index (χ0) is 16.7. The smallest absolute Gasteiger partial charge is 0.254 e. The summed E-state index contributed by atoms with van der Waals surface area (Å²) in [5.74, 6) is -0.304. The molecule has 1 amide bonds. The second-order valence-electron chi connectivity index (χ2n) is 6.78. The van der Waals surface area contributed by atoms with Crippen LogP contribution in [0.5, 0.6) is 0 Å². The van der Waals surface area contributed by atoms with Crippen molar-refractivity contribution >= 4 is 5.91 Å². The summed E-state index contributed by atoms with van der Waals surface area (Å²) in [5, 5.41) is 11.1. The Morgan fingerprint density at radius 3 is 2.25 bits per heavy atom. The average molecular weight is 326 g/mol. The van der Waals surface area contributed by atoms with Gasteiger partial charge in [-0.05, 0) is 42.7 Å². The summed E-state index contributed by atoms with van der Waals surface area (Å²) in [7, 11) is 0. The third-order valence-electron chi connectivity index (χ3n) is 5.31. The van der Waals surface area contributed by atoms with Gasteiger partial charge in [-0.25, -0.2) is 4.39 Å². The third-order valence-corrected chi connectivity index (χ3v) is 5.31. The molecule has 2 unspecified atom stereocenters. The summed E-state index contributed by atoms with van der Waals surface area (Å²) >= 11 is 0. The number of pyridine rings is 1. The molecule has 124 valence electrons. The van der Waals surface area contributed by atoms with Crippen molar-refractivity contribution in [3.63, 3.8) is 0 Å². The Morgan fingerprint density at radius 2 is 1.67 bits per heavy atom. The van der Waals surface area contributed by atoms with E-state index in [1.54, 1.807) is 36.7 Å². The molecule has 1 aromatic carbocycles. The van der Waals surface area contributed by atoms with Gasteiger partial charge in [0.25, 0.3) is 5.91 Å². The van der Waals surface area contributed by atoms with E-state index in [4.69, 9.17) is 0 Å². The molecule has 2 fully saturated rings. The van der Waals surface area contributed by atoms with Crippen LogP contribution in [-0.2, 0) is 5.60 Å². The fourth-order valence-corrected chi connectivity index (χ4v) is 4.20. The van der Waals surface area contributed by atoms with Crippen LogP contribution in [0.2, 0.25) is 0 Å². The van der Waals surface area contributed by atoms with E-state index < -0.39 is 5.60 Å². The van der Waals surface area contributed by atoms with Crippen LogP contribution in [0, 0.1) is 5.82 Å². The number of fused-ring (bicyclic) bond motifs is 2. The van der Waals surface area contributed by atoms with E-state index in [1.807, 2.05) is 4.90 Å². The van der Waals surface area contributed by atoms with E-state index in [2.05, 4.69) is 4.98 Å². The minimum Gasteiger partial charge on any atom is -0.385 e. The maximum atomic E-state index is 13.2. The quantitative estimate of drug-likeness (QED) is 0.923. The standard InChI is InChI=1S/C19H19FN2O2/c20-15-3-1-14(2-4-15)19(24)11-16-5-6-17(12-19)22(16)18(23)13-7-9-21-10-8-13/h1-4,7-10,16-17,24H,5-6,11-12H2. The van der Waals surface area contributed by atoms with Gasteiger partial charge in [-0.2, -0.15) is 0 Å². The monoisotopic (exact) mass is 326 g/mol. The molecule has 1 aromatic heterocycles. The minimum absolute atomic E-state index is 0.00561. The maximum absolute atomic E-state index is 13.2. The number of halogens is 1. The lowest BCUT2D eigenvalue weighted by Crippen LogP contribution is -2.52. The molecule has 2 bridgehead atoms. The summed E-state index contributed by atoms with van der Waals surface area (Å²) in [6.07, 6.45) is 6.01. The van der Waals surface area contributed by atoms with E-state index in [1.165, 1.54) is 12.1 Å². The normalized spacial score (nSPS) is 28.8. The summed E-state index contributed by atoms with van der Waals surface area (Å²) in [5.41, 5.74) is 0.375. The van der Waals surface area contributed by atoms with Gasteiger partial charge in [-0.3, -0.25) is 9.78 Å². The van der Waals surface area contributed by atoms with Crippen LogP contribution in [0.15, 0.2) is 48.8 Å². The van der Waals surface area contributed by atoms with Crippen LogP contribution < -0.4 is 0 Å². The molecule has 2 aromatic rings. The second kappa shape index (κ2) is 5.67. The Labute approximate surface area is 139 Å². The Balaban J connectivity index is 1.60. The first-order valence-electron chi connectivity index (χ1n) is 8.28. The number of piperidine rings is 1. The number of aliphatic hydroxyl groups is 1. The summed E-state index contributed by atoms with van der Waals surface area (Å²) in [6, 6.07) is 9.53. The molecule has 0 radical (unpaired) electrons. The van der Waals surface area contributed by atoms with E-state index in [9.17, 15) is 14.3 Å². The average Bonchev–Trinajstić information content (AvgIpc) is 2.87. The molecule has 1 N–H and O–H groups in total. The summed E-state index contributed by atoms with van der Waals surface area (Å²) in [6.45, 7) is 0. The van der Waals surface area contributed by atoms with Gasteiger partial charge in [0.05, 0.1) is 5.60 Å². The first kappa shape index (κ1) is 15.3. The fourth-order valence-electron chi connectivity index (χ4n) is 4.20. The molecule has 2 aliphatic rings. The topological polar surface area (TPSA) is 53.4 Å². The van der Waals surface area contributed by atoms with Crippen LogP contribution in [-0.4, -0.2) is 33.0 Å². The number of hydrogen-bond acceptors (Lipinski definition) is 3. The van der Waals surface area contributed by atoms with Crippen molar-refractivity contribution < 1.29 is 14.3 Å². The molecule has 3 heterocycles. The van der Waals surface area contributed by atoms with Gasteiger partial charge >= 0.3 is 0 Å². The lowest BCUT2D eigenvalue weighted by Gasteiger charge is -2.44. The summed E-state index contributed by atoms with van der Waals surface area (Å²) in [4.78, 5) is 18.7. The Hall–Kier alpha value is -2.27. The Morgan fingerprint density at radius 1 is 1.08 bits per heavy atom. The van der Waals surface area contributed by atoms with Crippen molar-refractivity contribution in [3.8, 4) is 0 Å². The van der Waals surface area contributed by atoms with Crippen LogP contribution >= 0.6 is 0 Å². The molecule has 4 rings (SSSR count). The fraction of sp³-hybridized carbons (Fsp3) is 0.368. The molecule has 2 saturated heterocycles. The van der Waals surface area contributed by atoms with Gasteiger partial charge in [0.1, 0.15) is 5.82 Å². The van der Waals surface area contributed by atoms with Crippen LogP contribution in [0.4, 0.5) is 4.39 Å². The van der Waals surface area contributed by atoms with Crippen molar-refractivity contribution in [2.45, 2.75) is 43.4 Å². The van der Waals surface area contributed by atoms with Gasteiger partial charge in [0.15, 0.2) is 0 Å². The number of aromatic nitrogens is 1. The van der Waals surface area contributed by atoms with Gasteiger partial charge < -0.3 is 10.0 Å². The highest BCUT2D eigenvalue weighted by Gasteiger charge is 2.50. The number of rotatable bonds is 2. The zero-order valence-corrected chi connectivity index (χ0v) is 13.2. The van der Waals surface area contributed by atoms with E-state index in [0.717, 1.165) is 18.4 Å². The van der Waals surface area contributed by atoms with Crippen molar-refractivity contribution in [2.75, 3.05) is 0 Å². The van der Waals surface area contributed by atoms with Crippen molar-refractivity contribution in [1.29, 1.82) is 0 Å². The Kier molecular flexibility index (Phi) is 3.61. The maximum Gasteiger partial charge on any atom is 0.254 e. The SMILES string of the molecule is O=C(c1ccncc1)N1C2CCC1CC(O)(c1ccc(F)cc1)C2.